The summed E-state index contributed by atoms with van der Waals surface area (Å²) < 4.78 is 32.9. The van der Waals surface area contributed by atoms with E-state index in [1.165, 1.54) is 161 Å². The number of allylic oxidation sites excluding steroid dienone is 4. The fourth-order valence-electron chi connectivity index (χ4n) is 7.16. The highest BCUT2D eigenvalue weighted by Crippen LogP contribution is 2.43. The molecule has 3 unspecified atom stereocenters. The van der Waals surface area contributed by atoms with Gasteiger partial charge in [0.25, 0.3) is 0 Å². The minimum atomic E-state index is -4.62. The minimum absolute atomic E-state index is 0.183. The first-order valence-corrected chi connectivity index (χ1v) is 26.8. The van der Waals surface area contributed by atoms with Crippen molar-refractivity contribution in [1.29, 1.82) is 0 Å². The van der Waals surface area contributed by atoms with E-state index in [9.17, 15) is 24.2 Å². The van der Waals surface area contributed by atoms with Gasteiger partial charge in [0.1, 0.15) is 12.7 Å². The number of hydrogen-bond acceptors (Lipinski definition) is 9. The van der Waals surface area contributed by atoms with Gasteiger partial charge >= 0.3 is 19.8 Å². The molecule has 0 spiro atoms. The van der Waals surface area contributed by atoms with Gasteiger partial charge in [-0.15, -0.1) is 0 Å². The number of phosphoric acid groups is 1. The van der Waals surface area contributed by atoms with Gasteiger partial charge in [0.05, 0.1) is 19.8 Å². The number of esters is 2. The van der Waals surface area contributed by atoms with Crippen LogP contribution in [0.5, 0.6) is 0 Å². The highest BCUT2D eigenvalue weighted by atomic mass is 31.2. The van der Waals surface area contributed by atoms with E-state index in [1.54, 1.807) is 0 Å². The van der Waals surface area contributed by atoms with Crippen LogP contribution in [0.2, 0.25) is 0 Å². The third kappa shape index (κ3) is 46.3. The minimum Gasteiger partial charge on any atom is -0.462 e. The Labute approximate surface area is 374 Å². The largest absolute Gasteiger partial charge is 0.472 e. The average molecular weight is 887 g/mol. The number of ether oxygens (including phenoxy) is 2. The number of aliphatic hydroxyl groups is 2. The van der Waals surface area contributed by atoms with Crippen LogP contribution in [0.25, 0.3) is 0 Å². The molecule has 3 atom stereocenters. The summed E-state index contributed by atoms with van der Waals surface area (Å²) in [6, 6.07) is 0. The number of aliphatic hydroxyl groups excluding tert-OH is 2. The molecule has 0 aliphatic carbocycles. The van der Waals surface area contributed by atoms with Crippen molar-refractivity contribution in [3.63, 3.8) is 0 Å². The van der Waals surface area contributed by atoms with Crippen LogP contribution in [0, 0.1) is 0 Å². The third-order valence-electron chi connectivity index (χ3n) is 11.1. The number of hydrogen-bond donors (Lipinski definition) is 3. The van der Waals surface area contributed by atoms with E-state index in [0.29, 0.717) is 12.8 Å². The molecule has 0 aromatic heterocycles. The van der Waals surface area contributed by atoms with Gasteiger partial charge in [0, 0.05) is 12.8 Å². The molecule has 0 saturated heterocycles. The van der Waals surface area contributed by atoms with Gasteiger partial charge in [0.2, 0.25) is 0 Å². The maximum atomic E-state index is 12.7. The zero-order chi connectivity index (χ0) is 44.8. The Bertz CT molecular complexity index is 1070. The summed E-state index contributed by atoms with van der Waals surface area (Å²) in [4.78, 5) is 35.1. The molecule has 360 valence electrons. The summed E-state index contributed by atoms with van der Waals surface area (Å²) in [5, 5.41) is 18.4. The van der Waals surface area contributed by atoms with Crippen LogP contribution >= 0.6 is 7.82 Å². The molecule has 0 aliphatic heterocycles. The molecule has 0 amide bonds. The summed E-state index contributed by atoms with van der Waals surface area (Å²) in [5.74, 6) is -0.922. The number of rotatable bonds is 48. The summed E-state index contributed by atoms with van der Waals surface area (Å²) in [7, 11) is -4.62. The SMILES string of the molecule is CCCCCCCC/C=C\CCCCCCCCCC(=O)OCC(COP(=O)(O)OCC(O)CO)OC(=O)CCCCCCCCCCC/C=C\CCCCCCCCCC. The number of carbonyl (C=O) groups is 2. The number of unbranched alkanes of at least 4 members (excludes halogenated alkanes) is 30. The molecule has 11 heteroatoms. The fourth-order valence-corrected chi connectivity index (χ4v) is 7.95. The average Bonchev–Trinajstić information content (AvgIpc) is 3.25. The van der Waals surface area contributed by atoms with E-state index < -0.39 is 51.8 Å². The molecule has 0 aromatic carbocycles. The van der Waals surface area contributed by atoms with Gasteiger partial charge in [-0.25, -0.2) is 4.57 Å². The maximum absolute atomic E-state index is 12.7. The topological polar surface area (TPSA) is 149 Å². The van der Waals surface area contributed by atoms with E-state index in [1.807, 2.05) is 0 Å². The van der Waals surface area contributed by atoms with Crippen LogP contribution in [0.3, 0.4) is 0 Å². The summed E-state index contributed by atoms with van der Waals surface area (Å²) in [6.45, 7) is 2.41. The van der Waals surface area contributed by atoms with E-state index in [2.05, 4.69) is 38.2 Å². The highest BCUT2D eigenvalue weighted by molar-refractivity contribution is 7.47. The van der Waals surface area contributed by atoms with E-state index in [0.717, 1.165) is 44.9 Å². The third-order valence-corrected chi connectivity index (χ3v) is 12.0. The van der Waals surface area contributed by atoms with Gasteiger partial charge < -0.3 is 24.6 Å². The maximum Gasteiger partial charge on any atom is 0.472 e. The zero-order valence-corrected chi connectivity index (χ0v) is 40.3. The first-order valence-electron chi connectivity index (χ1n) is 25.3. The molecule has 61 heavy (non-hydrogen) atoms. The summed E-state index contributed by atoms with van der Waals surface area (Å²) in [5.41, 5.74) is 0. The van der Waals surface area contributed by atoms with Crippen molar-refractivity contribution in [2.24, 2.45) is 0 Å². The van der Waals surface area contributed by atoms with E-state index >= 15 is 0 Å². The smallest absolute Gasteiger partial charge is 0.462 e. The molecule has 0 radical (unpaired) electrons. The second kappa shape index (κ2) is 46.4. The monoisotopic (exact) mass is 887 g/mol. The van der Waals surface area contributed by atoms with Gasteiger partial charge in [-0.1, -0.05) is 192 Å². The van der Waals surface area contributed by atoms with Crippen molar-refractivity contribution >= 4 is 19.8 Å². The lowest BCUT2D eigenvalue weighted by Gasteiger charge is -2.20. The Morgan fingerprint density at radius 3 is 1.18 bits per heavy atom. The van der Waals surface area contributed by atoms with Crippen LogP contribution < -0.4 is 0 Å². The van der Waals surface area contributed by atoms with Gasteiger partial charge in [-0.05, 0) is 64.2 Å². The van der Waals surface area contributed by atoms with Crippen molar-refractivity contribution in [3.8, 4) is 0 Å². The standard InChI is InChI=1S/C50H95O10P/c1-3-5-7-9-11-13-15-17-19-21-22-23-24-26-28-30-32-34-36-38-40-42-50(54)60-48(46-59-61(55,56)58-44-47(52)43-51)45-57-49(53)41-39-37-35-33-31-29-27-25-20-18-16-14-12-10-8-6-4-2/h18,20-22,47-48,51-52H,3-17,19,23-46H2,1-2H3,(H,55,56)/b20-18-,22-21-. The van der Waals surface area contributed by atoms with Gasteiger partial charge in [0.15, 0.2) is 6.10 Å². The Kier molecular flexibility index (Phi) is 45.3. The first-order chi connectivity index (χ1) is 29.7. The Morgan fingerprint density at radius 2 is 0.803 bits per heavy atom. The zero-order valence-electron chi connectivity index (χ0n) is 39.4. The first kappa shape index (κ1) is 59.5. The molecule has 10 nitrogen and oxygen atoms in total. The highest BCUT2D eigenvalue weighted by Gasteiger charge is 2.27. The van der Waals surface area contributed by atoms with E-state index in [-0.39, 0.29) is 19.4 Å². The van der Waals surface area contributed by atoms with Crippen molar-refractivity contribution in [2.75, 3.05) is 26.4 Å². The summed E-state index contributed by atoms with van der Waals surface area (Å²) >= 11 is 0. The van der Waals surface area contributed by atoms with Crippen molar-refractivity contribution in [2.45, 2.75) is 257 Å². The van der Waals surface area contributed by atoms with Crippen molar-refractivity contribution in [1.82, 2.24) is 0 Å². The van der Waals surface area contributed by atoms with Gasteiger partial charge in [-0.3, -0.25) is 18.6 Å². The predicted molar refractivity (Wildman–Crippen MR) is 252 cm³/mol. The molecule has 0 aromatic rings. The molecular weight excluding hydrogens is 792 g/mol. The quantitative estimate of drug-likeness (QED) is 0.0233. The molecule has 3 N–H and O–H groups in total. The van der Waals surface area contributed by atoms with Crippen LogP contribution in [0.1, 0.15) is 245 Å². The molecule has 0 heterocycles. The second-order valence-corrected chi connectivity index (χ2v) is 18.6. The predicted octanol–water partition coefficient (Wildman–Crippen LogP) is 14.1. The van der Waals surface area contributed by atoms with Gasteiger partial charge in [-0.2, -0.15) is 0 Å². The van der Waals surface area contributed by atoms with Crippen LogP contribution in [-0.4, -0.2) is 65.7 Å². The molecule has 0 fully saturated rings. The Morgan fingerprint density at radius 1 is 0.475 bits per heavy atom. The van der Waals surface area contributed by atoms with Crippen LogP contribution in [-0.2, 0) is 32.7 Å². The lowest BCUT2D eigenvalue weighted by Crippen LogP contribution is -2.29. The molecule has 0 aliphatic rings. The second-order valence-electron chi connectivity index (χ2n) is 17.2. The number of carbonyl (C=O) groups excluding carboxylic acids is 2. The lowest BCUT2D eigenvalue weighted by molar-refractivity contribution is -0.161. The molecule has 0 rings (SSSR count). The van der Waals surface area contributed by atoms with E-state index in [4.69, 9.17) is 23.6 Å². The Balaban J connectivity index is 4.18. The van der Waals surface area contributed by atoms with Crippen molar-refractivity contribution in [3.05, 3.63) is 24.3 Å². The van der Waals surface area contributed by atoms with Crippen molar-refractivity contribution < 1.29 is 47.8 Å². The summed E-state index contributed by atoms with van der Waals surface area (Å²) in [6.07, 6.45) is 48.6. The van der Waals surface area contributed by atoms with Crippen LogP contribution in [0.15, 0.2) is 24.3 Å². The molecule has 0 bridgehead atoms. The number of phosphoric ester groups is 1. The fraction of sp³-hybridized carbons (Fsp3) is 0.880. The Hall–Kier alpha value is -1.55. The normalized spacial score (nSPS) is 13.9. The van der Waals surface area contributed by atoms with Crippen LogP contribution in [0.4, 0.5) is 0 Å². The molecular formula is C50H95O10P. The molecule has 0 saturated carbocycles. The lowest BCUT2D eigenvalue weighted by atomic mass is 10.1.